The summed E-state index contributed by atoms with van der Waals surface area (Å²) in [7, 11) is 3.29. The Morgan fingerprint density at radius 1 is 1.00 bits per heavy atom. The average Bonchev–Trinajstić information content (AvgIpc) is 2.75. The summed E-state index contributed by atoms with van der Waals surface area (Å²) < 4.78 is 16.3. The van der Waals surface area contributed by atoms with Crippen molar-refractivity contribution in [3.63, 3.8) is 0 Å². The van der Waals surface area contributed by atoms with Crippen LogP contribution in [0.25, 0.3) is 0 Å². The predicted octanol–water partition coefficient (Wildman–Crippen LogP) is 3.46. The maximum absolute atomic E-state index is 12.7. The molecule has 0 aromatic heterocycles. The summed E-state index contributed by atoms with van der Waals surface area (Å²) in [6.45, 7) is 5.17. The molecule has 1 N–H and O–H groups in total. The minimum atomic E-state index is -0.117. The fraction of sp³-hybridized carbons (Fsp3) is 0.381. The van der Waals surface area contributed by atoms with E-state index in [4.69, 9.17) is 14.2 Å². The lowest BCUT2D eigenvalue weighted by Gasteiger charge is -2.36. The molecule has 1 aliphatic rings. The van der Waals surface area contributed by atoms with Gasteiger partial charge in [0.15, 0.2) is 0 Å². The molecule has 1 heterocycles. The molecule has 0 atom stereocenters. The van der Waals surface area contributed by atoms with Gasteiger partial charge in [-0.1, -0.05) is 12.1 Å². The highest BCUT2D eigenvalue weighted by atomic mass is 16.5. The van der Waals surface area contributed by atoms with Crippen LogP contribution < -0.4 is 24.4 Å². The molecule has 28 heavy (non-hydrogen) atoms. The van der Waals surface area contributed by atoms with Crippen molar-refractivity contribution >= 4 is 17.4 Å². The van der Waals surface area contributed by atoms with Gasteiger partial charge in [0.25, 0.3) is 0 Å². The fourth-order valence-corrected chi connectivity index (χ4v) is 3.24. The first-order valence-electron chi connectivity index (χ1n) is 9.41. The summed E-state index contributed by atoms with van der Waals surface area (Å²) >= 11 is 0. The summed E-state index contributed by atoms with van der Waals surface area (Å²) in [6.07, 6.45) is 0. The monoisotopic (exact) mass is 385 g/mol. The van der Waals surface area contributed by atoms with E-state index in [1.165, 1.54) is 0 Å². The lowest BCUT2D eigenvalue weighted by molar-refractivity contribution is 0.208. The summed E-state index contributed by atoms with van der Waals surface area (Å²) in [5, 5.41) is 2.96. The molecule has 150 valence electrons. The lowest BCUT2D eigenvalue weighted by Crippen LogP contribution is -2.50. The molecule has 2 aromatic rings. The van der Waals surface area contributed by atoms with Crippen molar-refractivity contribution in [1.82, 2.24) is 4.90 Å². The zero-order valence-corrected chi connectivity index (χ0v) is 16.6. The molecule has 3 rings (SSSR count). The van der Waals surface area contributed by atoms with Crippen molar-refractivity contribution in [2.45, 2.75) is 6.92 Å². The number of piperazine rings is 1. The number of anilines is 2. The summed E-state index contributed by atoms with van der Waals surface area (Å²) in [5.74, 6) is 2.20. The zero-order valence-electron chi connectivity index (χ0n) is 16.6. The van der Waals surface area contributed by atoms with Crippen LogP contribution in [0.2, 0.25) is 0 Å². The first kappa shape index (κ1) is 19.7. The third-order valence-electron chi connectivity index (χ3n) is 4.72. The van der Waals surface area contributed by atoms with E-state index in [0.717, 1.165) is 30.3 Å². The molecule has 0 spiro atoms. The third-order valence-corrected chi connectivity index (χ3v) is 4.72. The number of hydrogen-bond donors (Lipinski definition) is 1. The number of ether oxygens (including phenoxy) is 3. The molecule has 1 saturated heterocycles. The second kappa shape index (κ2) is 9.21. The number of hydrogen-bond acceptors (Lipinski definition) is 5. The van der Waals surface area contributed by atoms with Crippen molar-refractivity contribution in [2.24, 2.45) is 0 Å². The van der Waals surface area contributed by atoms with Crippen LogP contribution in [0.5, 0.6) is 17.2 Å². The summed E-state index contributed by atoms with van der Waals surface area (Å²) in [6, 6.07) is 13.1. The first-order valence-corrected chi connectivity index (χ1v) is 9.41. The molecule has 2 aromatic carbocycles. The van der Waals surface area contributed by atoms with E-state index >= 15 is 0 Å². The number of methoxy groups -OCH3 is 2. The van der Waals surface area contributed by atoms with Crippen LogP contribution in [-0.4, -0.2) is 57.9 Å². The molecule has 0 bridgehead atoms. The van der Waals surface area contributed by atoms with Gasteiger partial charge >= 0.3 is 6.03 Å². The Bertz CT molecular complexity index is 804. The second-order valence-electron chi connectivity index (χ2n) is 6.37. The van der Waals surface area contributed by atoms with E-state index in [1.807, 2.05) is 54.3 Å². The van der Waals surface area contributed by atoms with Crippen molar-refractivity contribution in [3.05, 3.63) is 42.5 Å². The molecule has 7 heteroatoms. The van der Waals surface area contributed by atoms with Gasteiger partial charge in [-0.05, 0) is 31.2 Å². The number of urea groups is 1. The largest absolute Gasteiger partial charge is 0.497 e. The van der Waals surface area contributed by atoms with Gasteiger partial charge in [0.1, 0.15) is 17.2 Å². The normalized spacial score (nSPS) is 13.8. The number of carbonyl (C=O) groups excluding carboxylic acids is 1. The summed E-state index contributed by atoms with van der Waals surface area (Å²) in [5.41, 5.74) is 1.69. The highest BCUT2D eigenvalue weighted by molar-refractivity contribution is 5.91. The van der Waals surface area contributed by atoms with Gasteiger partial charge in [0, 0.05) is 32.2 Å². The Balaban J connectivity index is 1.62. The molecule has 0 radical (unpaired) electrons. The Hall–Kier alpha value is -3.09. The van der Waals surface area contributed by atoms with Crippen LogP contribution in [0.15, 0.2) is 42.5 Å². The molecule has 0 unspecified atom stereocenters. The third kappa shape index (κ3) is 4.42. The maximum Gasteiger partial charge on any atom is 0.322 e. The smallest absolute Gasteiger partial charge is 0.322 e. The Morgan fingerprint density at radius 2 is 1.75 bits per heavy atom. The van der Waals surface area contributed by atoms with Gasteiger partial charge < -0.3 is 29.3 Å². The maximum atomic E-state index is 12.7. The van der Waals surface area contributed by atoms with E-state index in [9.17, 15) is 4.79 Å². The average molecular weight is 385 g/mol. The molecule has 2 amide bonds. The van der Waals surface area contributed by atoms with E-state index < -0.39 is 0 Å². The van der Waals surface area contributed by atoms with Crippen LogP contribution in [0.4, 0.5) is 16.2 Å². The number of nitrogens with one attached hydrogen (secondary N) is 1. The molecular weight excluding hydrogens is 358 g/mol. The van der Waals surface area contributed by atoms with Crippen molar-refractivity contribution in [3.8, 4) is 17.2 Å². The van der Waals surface area contributed by atoms with E-state index in [0.29, 0.717) is 31.1 Å². The standard InChI is InChI=1S/C21H27N3O4/c1-4-28-19-8-6-5-7-17(19)22-21(25)24-13-11-23(12-14-24)18-10-9-16(26-2)15-20(18)27-3/h5-10,15H,4,11-14H2,1-3H3,(H,22,25). The van der Waals surface area contributed by atoms with Crippen molar-refractivity contribution < 1.29 is 19.0 Å². The van der Waals surface area contributed by atoms with Crippen molar-refractivity contribution in [2.75, 3.05) is 57.2 Å². The second-order valence-corrected chi connectivity index (χ2v) is 6.37. The van der Waals surface area contributed by atoms with Gasteiger partial charge in [0.2, 0.25) is 0 Å². The molecule has 1 fully saturated rings. The number of para-hydroxylation sites is 2. The van der Waals surface area contributed by atoms with E-state index in [1.54, 1.807) is 14.2 Å². The summed E-state index contributed by atoms with van der Waals surface area (Å²) in [4.78, 5) is 16.7. The van der Waals surface area contributed by atoms with Gasteiger partial charge in [-0.2, -0.15) is 0 Å². The van der Waals surface area contributed by atoms with Gasteiger partial charge in [-0.25, -0.2) is 4.79 Å². The fourth-order valence-electron chi connectivity index (χ4n) is 3.24. The van der Waals surface area contributed by atoms with Crippen LogP contribution >= 0.6 is 0 Å². The molecular formula is C21H27N3O4. The Kier molecular flexibility index (Phi) is 6.47. The number of amides is 2. The minimum Gasteiger partial charge on any atom is -0.497 e. The molecule has 0 saturated carbocycles. The number of nitrogens with zero attached hydrogens (tertiary/aromatic N) is 2. The van der Waals surface area contributed by atoms with Gasteiger partial charge in [-0.15, -0.1) is 0 Å². The predicted molar refractivity (Wildman–Crippen MR) is 110 cm³/mol. The quantitative estimate of drug-likeness (QED) is 0.825. The van der Waals surface area contributed by atoms with Gasteiger partial charge in [-0.3, -0.25) is 0 Å². The lowest BCUT2D eigenvalue weighted by atomic mass is 10.2. The molecule has 1 aliphatic heterocycles. The topological polar surface area (TPSA) is 63.3 Å². The SMILES string of the molecule is CCOc1ccccc1NC(=O)N1CCN(c2ccc(OC)cc2OC)CC1. The first-order chi connectivity index (χ1) is 13.7. The number of rotatable bonds is 6. The molecule has 7 nitrogen and oxygen atoms in total. The van der Waals surface area contributed by atoms with Gasteiger partial charge in [0.05, 0.1) is 32.2 Å². The van der Waals surface area contributed by atoms with Crippen LogP contribution in [0.3, 0.4) is 0 Å². The number of benzene rings is 2. The number of carbonyl (C=O) groups is 1. The highest BCUT2D eigenvalue weighted by Gasteiger charge is 2.23. The molecule has 0 aliphatic carbocycles. The van der Waals surface area contributed by atoms with E-state index in [2.05, 4.69) is 10.2 Å². The van der Waals surface area contributed by atoms with Crippen LogP contribution in [-0.2, 0) is 0 Å². The zero-order chi connectivity index (χ0) is 19.9. The van der Waals surface area contributed by atoms with E-state index in [-0.39, 0.29) is 6.03 Å². The van der Waals surface area contributed by atoms with Crippen LogP contribution in [0.1, 0.15) is 6.92 Å². The van der Waals surface area contributed by atoms with Crippen LogP contribution in [0, 0.1) is 0 Å². The Morgan fingerprint density at radius 3 is 2.43 bits per heavy atom. The minimum absolute atomic E-state index is 0.117. The van der Waals surface area contributed by atoms with Crippen molar-refractivity contribution in [1.29, 1.82) is 0 Å². The Labute approximate surface area is 165 Å². The highest BCUT2D eigenvalue weighted by Crippen LogP contribution is 2.33.